The van der Waals surface area contributed by atoms with Gasteiger partial charge in [0.25, 0.3) is 0 Å². The third-order valence-corrected chi connectivity index (χ3v) is 1.54. The molecule has 6 heteroatoms. The fourth-order valence-corrected chi connectivity index (χ4v) is 0.980. The molecule has 1 aliphatic rings. The summed E-state index contributed by atoms with van der Waals surface area (Å²) >= 11 is 0. The van der Waals surface area contributed by atoms with Gasteiger partial charge in [-0.2, -0.15) is 0 Å². The van der Waals surface area contributed by atoms with E-state index in [4.69, 9.17) is 5.11 Å². The number of hydrogen-bond acceptors (Lipinski definition) is 3. The molecule has 1 unspecified atom stereocenters. The largest absolute Gasteiger partial charge is 0.465 e. The van der Waals surface area contributed by atoms with Crippen molar-refractivity contribution in [2.45, 2.75) is 18.9 Å². The summed E-state index contributed by atoms with van der Waals surface area (Å²) in [5.41, 5.74) is 0. The number of amides is 3. The van der Waals surface area contributed by atoms with E-state index >= 15 is 0 Å². The average molecular weight is 172 g/mol. The maximum Gasteiger partial charge on any atom is 0.405 e. The first kappa shape index (κ1) is 8.51. The third-order valence-electron chi connectivity index (χ3n) is 1.54. The first-order chi connectivity index (χ1) is 5.59. The van der Waals surface area contributed by atoms with E-state index in [1.54, 1.807) is 0 Å². The molecule has 66 valence electrons. The van der Waals surface area contributed by atoms with Crippen LogP contribution in [-0.4, -0.2) is 29.1 Å². The standard InChI is InChI=1S/C6H8N2O4/c9-4-2-1-3(5(10)8-4)7-6(11)12/h3,7H,1-2H2,(H,11,12)(H,8,9,10). The molecule has 0 bridgehead atoms. The molecule has 0 radical (unpaired) electrons. The highest BCUT2D eigenvalue weighted by Crippen LogP contribution is 2.03. The van der Waals surface area contributed by atoms with E-state index in [9.17, 15) is 14.4 Å². The zero-order valence-electron chi connectivity index (χ0n) is 6.16. The van der Waals surface area contributed by atoms with Crippen molar-refractivity contribution in [2.24, 2.45) is 0 Å². The van der Waals surface area contributed by atoms with Crippen LogP contribution in [-0.2, 0) is 9.59 Å². The summed E-state index contributed by atoms with van der Waals surface area (Å²) in [6.45, 7) is 0. The molecule has 1 fully saturated rings. The van der Waals surface area contributed by atoms with Gasteiger partial charge in [-0.3, -0.25) is 14.9 Å². The lowest BCUT2D eigenvalue weighted by Crippen LogP contribution is -2.51. The van der Waals surface area contributed by atoms with Crippen molar-refractivity contribution in [3.8, 4) is 0 Å². The molecule has 1 heterocycles. The minimum absolute atomic E-state index is 0.177. The lowest BCUT2D eigenvalue weighted by Gasteiger charge is -2.19. The van der Waals surface area contributed by atoms with Crippen LogP contribution >= 0.6 is 0 Å². The van der Waals surface area contributed by atoms with Gasteiger partial charge < -0.3 is 10.4 Å². The van der Waals surface area contributed by atoms with E-state index in [1.165, 1.54) is 0 Å². The number of piperidine rings is 1. The highest BCUT2D eigenvalue weighted by Gasteiger charge is 2.27. The Morgan fingerprint density at radius 1 is 1.58 bits per heavy atom. The summed E-state index contributed by atoms with van der Waals surface area (Å²) in [5, 5.41) is 12.3. The average Bonchev–Trinajstić information content (AvgIpc) is 1.94. The Morgan fingerprint density at radius 3 is 2.75 bits per heavy atom. The molecule has 0 aromatic carbocycles. The highest BCUT2D eigenvalue weighted by atomic mass is 16.4. The second kappa shape index (κ2) is 3.21. The summed E-state index contributed by atoms with van der Waals surface area (Å²) in [6.07, 6.45) is -0.849. The summed E-state index contributed by atoms with van der Waals surface area (Å²) in [7, 11) is 0. The van der Waals surface area contributed by atoms with Crippen molar-refractivity contribution < 1.29 is 19.5 Å². The van der Waals surface area contributed by atoms with Crippen LogP contribution in [0.3, 0.4) is 0 Å². The summed E-state index contributed by atoms with van der Waals surface area (Å²) < 4.78 is 0. The Kier molecular flexibility index (Phi) is 2.27. The van der Waals surface area contributed by atoms with Crippen molar-refractivity contribution in [1.82, 2.24) is 10.6 Å². The van der Waals surface area contributed by atoms with Crippen LogP contribution in [0, 0.1) is 0 Å². The fourth-order valence-electron chi connectivity index (χ4n) is 0.980. The molecule has 0 aromatic heterocycles. The number of carbonyl (C=O) groups is 3. The van der Waals surface area contributed by atoms with E-state index in [0.29, 0.717) is 0 Å². The molecule has 6 nitrogen and oxygen atoms in total. The molecule has 1 atom stereocenters. The second-order valence-corrected chi connectivity index (χ2v) is 2.45. The monoisotopic (exact) mass is 172 g/mol. The smallest absolute Gasteiger partial charge is 0.405 e. The SMILES string of the molecule is O=C(O)NC1CCC(=O)NC1=O. The van der Waals surface area contributed by atoms with Crippen LogP contribution in [0.25, 0.3) is 0 Å². The van der Waals surface area contributed by atoms with Gasteiger partial charge in [0.05, 0.1) is 0 Å². The minimum atomic E-state index is -1.26. The van der Waals surface area contributed by atoms with Crippen molar-refractivity contribution in [3.05, 3.63) is 0 Å². The van der Waals surface area contributed by atoms with Crippen LogP contribution in [0.15, 0.2) is 0 Å². The lowest BCUT2D eigenvalue weighted by atomic mass is 10.1. The zero-order valence-corrected chi connectivity index (χ0v) is 6.16. The van der Waals surface area contributed by atoms with Gasteiger partial charge in [-0.25, -0.2) is 4.79 Å². The number of carboxylic acid groups (broad SMARTS) is 1. The first-order valence-corrected chi connectivity index (χ1v) is 3.43. The number of hydrogen-bond donors (Lipinski definition) is 3. The van der Waals surface area contributed by atoms with Gasteiger partial charge in [0.2, 0.25) is 11.8 Å². The molecule has 0 aliphatic carbocycles. The Labute approximate surface area is 67.9 Å². The third kappa shape index (κ3) is 1.94. The summed E-state index contributed by atoms with van der Waals surface area (Å²) in [6, 6.07) is -0.791. The molecule has 0 saturated carbocycles. The zero-order chi connectivity index (χ0) is 9.14. The van der Waals surface area contributed by atoms with Gasteiger partial charge in [-0.05, 0) is 6.42 Å². The number of nitrogens with one attached hydrogen (secondary N) is 2. The first-order valence-electron chi connectivity index (χ1n) is 3.43. The Morgan fingerprint density at radius 2 is 2.25 bits per heavy atom. The van der Waals surface area contributed by atoms with E-state index in [2.05, 4.69) is 0 Å². The molecular formula is C6H8N2O4. The van der Waals surface area contributed by atoms with Crippen LogP contribution in [0.5, 0.6) is 0 Å². The van der Waals surface area contributed by atoms with Gasteiger partial charge in [0.1, 0.15) is 6.04 Å². The topological polar surface area (TPSA) is 95.5 Å². The number of carbonyl (C=O) groups excluding carboxylic acids is 2. The predicted molar refractivity (Wildman–Crippen MR) is 37.3 cm³/mol. The van der Waals surface area contributed by atoms with Gasteiger partial charge in [0, 0.05) is 6.42 Å². The number of imide groups is 1. The molecule has 1 aliphatic heterocycles. The molecule has 0 spiro atoms. The van der Waals surface area contributed by atoms with Crippen LogP contribution < -0.4 is 10.6 Å². The normalized spacial score (nSPS) is 23.2. The molecule has 3 amide bonds. The Hall–Kier alpha value is -1.59. The highest BCUT2D eigenvalue weighted by molar-refractivity contribution is 6.01. The van der Waals surface area contributed by atoms with Gasteiger partial charge in [-0.15, -0.1) is 0 Å². The van der Waals surface area contributed by atoms with Crippen molar-refractivity contribution in [2.75, 3.05) is 0 Å². The van der Waals surface area contributed by atoms with Gasteiger partial charge in [0.15, 0.2) is 0 Å². The van der Waals surface area contributed by atoms with Crippen LogP contribution in [0.4, 0.5) is 4.79 Å². The maximum atomic E-state index is 10.9. The predicted octanol–water partition coefficient (Wildman–Crippen LogP) is -0.941. The van der Waals surface area contributed by atoms with E-state index in [0.717, 1.165) is 0 Å². The molecule has 1 saturated heterocycles. The minimum Gasteiger partial charge on any atom is -0.465 e. The molecule has 1 rings (SSSR count). The molecule has 12 heavy (non-hydrogen) atoms. The Balaban J connectivity index is 2.51. The van der Waals surface area contributed by atoms with Crippen LogP contribution in [0.2, 0.25) is 0 Å². The summed E-state index contributed by atoms with van der Waals surface area (Å²) in [4.78, 5) is 31.6. The Bertz CT molecular complexity index is 238. The summed E-state index contributed by atoms with van der Waals surface area (Å²) in [5.74, 6) is -0.933. The second-order valence-electron chi connectivity index (χ2n) is 2.45. The maximum absolute atomic E-state index is 10.9. The van der Waals surface area contributed by atoms with E-state index in [1.807, 2.05) is 10.6 Å². The molecular weight excluding hydrogens is 164 g/mol. The van der Waals surface area contributed by atoms with Gasteiger partial charge >= 0.3 is 6.09 Å². The molecule has 0 aromatic rings. The van der Waals surface area contributed by atoms with E-state index < -0.39 is 18.0 Å². The van der Waals surface area contributed by atoms with Crippen LogP contribution in [0.1, 0.15) is 12.8 Å². The number of rotatable bonds is 1. The van der Waals surface area contributed by atoms with Crippen molar-refractivity contribution in [1.29, 1.82) is 0 Å². The van der Waals surface area contributed by atoms with Gasteiger partial charge in [-0.1, -0.05) is 0 Å². The van der Waals surface area contributed by atoms with E-state index in [-0.39, 0.29) is 18.7 Å². The van der Waals surface area contributed by atoms with Crippen molar-refractivity contribution in [3.63, 3.8) is 0 Å². The quantitative estimate of drug-likeness (QED) is 0.445. The molecule has 3 N–H and O–H groups in total. The lowest BCUT2D eigenvalue weighted by molar-refractivity contribution is -0.134. The van der Waals surface area contributed by atoms with Crippen molar-refractivity contribution >= 4 is 17.9 Å². The fraction of sp³-hybridized carbons (Fsp3) is 0.500.